The summed E-state index contributed by atoms with van der Waals surface area (Å²) >= 11 is 0. The van der Waals surface area contributed by atoms with Crippen LogP contribution in [0.2, 0.25) is 0 Å². The van der Waals surface area contributed by atoms with Gasteiger partial charge in [-0.2, -0.15) is 0 Å². The molecule has 0 amide bonds. The van der Waals surface area contributed by atoms with E-state index in [1.807, 2.05) is 0 Å². The highest BCUT2D eigenvalue weighted by molar-refractivity contribution is 5.76. The van der Waals surface area contributed by atoms with Crippen LogP contribution >= 0.6 is 0 Å². The number of rotatable bonds is 0. The van der Waals surface area contributed by atoms with E-state index in [4.69, 9.17) is 0 Å². The normalized spacial score (nSPS) is 6.55. The van der Waals surface area contributed by atoms with E-state index < -0.39 is 12.3 Å². The number of ether oxygens (including phenoxy) is 3. The molecule has 0 aliphatic rings. The van der Waals surface area contributed by atoms with Crippen molar-refractivity contribution in [1.82, 2.24) is 0 Å². The lowest BCUT2D eigenvalue weighted by Gasteiger charge is -1.96. The number of hydrogen-bond donors (Lipinski definition) is 0. The van der Waals surface area contributed by atoms with Gasteiger partial charge >= 0.3 is 12.3 Å². The zero-order valence-corrected chi connectivity index (χ0v) is 6.20. The van der Waals surface area contributed by atoms with Crippen LogP contribution < -0.4 is 0 Å². The molecule has 0 saturated heterocycles. The maximum atomic E-state index is 10.0. The van der Waals surface area contributed by atoms with Crippen LogP contribution in [-0.4, -0.2) is 26.5 Å². The van der Waals surface area contributed by atoms with Crippen molar-refractivity contribution >= 4 is 12.3 Å². The van der Waals surface area contributed by atoms with Gasteiger partial charge in [0.25, 0.3) is 0 Å². The van der Waals surface area contributed by atoms with E-state index >= 15 is 0 Å². The maximum absolute atomic E-state index is 10.0. The summed E-state index contributed by atoms with van der Waals surface area (Å²) < 4.78 is 11.7. The van der Waals surface area contributed by atoms with Gasteiger partial charge < -0.3 is 14.2 Å². The van der Waals surface area contributed by atoms with Crippen LogP contribution in [0.4, 0.5) is 9.59 Å². The first-order valence-corrected chi connectivity index (χ1v) is 2.37. The molecule has 5 heteroatoms. The van der Waals surface area contributed by atoms with Gasteiger partial charge in [0.2, 0.25) is 0 Å². The number of hydrogen-bond acceptors (Lipinski definition) is 5. The monoisotopic (exact) mass is 160 g/mol. The molecule has 0 atom stereocenters. The Morgan fingerprint density at radius 3 is 1.45 bits per heavy atom. The minimum atomic E-state index is -1.08. The molecule has 0 fully saturated rings. The molecular formula is C6H8O5. The van der Waals surface area contributed by atoms with Crippen molar-refractivity contribution in [2.24, 2.45) is 0 Å². The Labute approximate surface area is 64.2 Å². The van der Waals surface area contributed by atoms with E-state index in [1.165, 1.54) is 0 Å². The van der Waals surface area contributed by atoms with Crippen LogP contribution in [0.15, 0.2) is 0 Å². The molecule has 0 aliphatic heterocycles. The SMILES string of the molecule is C#C.COC(=O)OC(=O)OC. The molecule has 0 aromatic carbocycles. The quantitative estimate of drug-likeness (QED) is 0.298. The summed E-state index contributed by atoms with van der Waals surface area (Å²) in [4.78, 5) is 20.1. The molecule has 0 N–H and O–H groups in total. The van der Waals surface area contributed by atoms with E-state index in [1.54, 1.807) is 0 Å². The number of terminal acetylenes is 1. The standard InChI is InChI=1S/C4H6O5.C2H2/c1-7-3(5)9-4(6)8-2;1-2/h1-2H3;1-2H. The molecule has 0 aromatic heterocycles. The molecule has 11 heavy (non-hydrogen) atoms. The molecule has 62 valence electrons. The number of carbonyl (C=O) groups excluding carboxylic acids is 2. The van der Waals surface area contributed by atoms with Gasteiger partial charge in [0, 0.05) is 0 Å². The lowest BCUT2D eigenvalue weighted by atomic mass is 11.2. The minimum absolute atomic E-state index is 1.08. The van der Waals surface area contributed by atoms with Crippen LogP contribution in [0.1, 0.15) is 0 Å². The lowest BCUT2D eigenvalue weighted by Crippen LogP contribution is -2.11. The third kappa shape index (κ3) is 8.30. The highest BCUT2D eigenvalue weighted by Gasteiger charge is 2.07. The zero-order chi connectivity index (χ0) is 9.28. The van der Waals surface area contributed by atoms with Gasteiger partial charge in [-0.05, 0) is 0 Å². The maximum Gasteiger partial charge on any atom is 0.518 e. The average Bonchev–Trinajstić information content (AvgIpc) is 2.07. The molecule has 0 aliphatic carbocycles. The Bertz CT molecular complexity index is 134. The summed E-state index contributed by atoms with van der Waals surface area (Å²) in [5.41, 5.74) is 0. The molecule has 0 heterocycles. The predicted octanol–water partition coefficient (Wildman–Crippen LogP) is 0.785. The Morgan fingerprint density at radius 1 is 1.00 bits per heavy atom. The molecule has 0 unspecified atom stereocenters. The first kappa shape index (κ1) is 12.0. The minimum Gasteiger partial charge on any atom is -0.437 e. The smallest absolute Gasteiger partial charge is 0.437 e. The van der Waals surface area contributed by atoms with E-state index in [9.17, 15) is 9.59 Å². The summed E-state index contributed by atoms with van der Waals surface area (Å²) in [7, 11) is 2.18. The van der Waals surface area contributed by atoms with Crippen molar-refractivity contribution in [3.8, 4) is 12.8 Å². The van der Waals surface area contributed by atoms with Gasteiger partial charge in [-0.3, -0.25) is 0 Å². The molecular weight excluding hydrogens is 152 g/mol. The van der Waals surface area contributed by atoms with Crippen LogP contribution in [-0.2, 0) is 14.2 Å². The molecule has 0 aromatic rings. The topological polar surface area (TPSA) is 61.8 Å². The van der Waals surface area contributed by atoms with E-state index in [-0.39, 0.29) is 0 Å². The summed E-state index contributed by atoms with van der Waals surface area (Å²) in [6, 6.07) is 0. The van der Waals surface area contributed by atoms with Crippen LogP contribution in [0.25, 0.3) is 0 Å². The molecule has 0 radical (unpaired) electrons. The highest BCUT2D eigenvalue weighted by Crippen LogP contribution is 1.85. The van der Waals surface area contributed by atoms with Gasteiger partial charge in [0.05, 0.1) is 14.2 Å². The van der Waals surface area contributed by atoms with Gasteiger partial charge in [0.1, 0.15) is 0 Å². The van der Waals surface area contributed by atoms with Crippen molar-refractivity contribution in [3.63, 3.8) is 0 Å². The fourth-order valence-corrected chi connectivity index (χ4v) is 0.151. The number of methoxy groups -OCH3 is 2. The van der Waals surface area contributed by atoms with Crippen LogP contribution in [0.3, 0.4) is 0 Å². The van der Waals surface area contributed by atoms with Crippen molar-refractivity contribution in [3.05, 3.63) is 0 Å². The van der Waals surface area contributed by atoms with E-state index in [0.29, 0.717) is 0 Å². The second kappa shape index (κ2) is 8.30. The molecule has 0 saturated carbocycles. The highest BCUT2D eigenvalue weighted by atomic mass is 16.8. The van der Waals surface area contributed by atoms with Gasteiger partial charge in [-0.15, -0.1) is 12.8 Å². The molecule has 0 rings (SSSR count). The fourth-order valence-electron chi connectivity index (χ4n) is 0.151. The largest absolute Gasteiger partial charge is 0.518 e. The summed E-state index contributed by atoms with van der Waals surface area (Å²) in [6.45, 7) is 0. The third-order valence-electron chi connectivity index (χ3n) is 0.500. The summed E-state index contributed by atoms with van der Waals surface area (Å²) in [5.74, 6) is 0. The van der Waals surface area contributed by atoms with Gasteiger partial charge in [-0.1, -0.05) is 0 Å². The first-order valence-electron chi connectivity index (χ1n) is 2.37. The van der Waals surface area contributed by atoms with Gasteiger partial charge in [-0.25, -0.2) is 9.59 Å². The predicted molar refractivity (Wildman–Crippen MR) is 35.8 cm³/mol. The zero-order valence-electron chi connectivity index (χ0n) is 6.20. The van der Waals surface area contributed by atoms with Crippen LogP contribution in [0.5, 0.6) is 0 Å². The van der Waals surface area contributed by atoms with Crippen molar-refractivity contribution in [2.75, 3.05) is 14.2 Å². The Morgan fingerprint density at radius 2 is 1.27 bits per heavy atom. The lowest BCUT2D eigenvalue weighted by molar-refractivity contribution is 0.0568. The van der Waals surface area contributed by atoms with E-state index in [2.05, 4.69) is 27.1 Å². The van der Waals surface area contributed by atoms with Crippen molar-refractivity contribution in [1.29, 1.82) is 0 Å². The van der Waals surface area contributed by atoms with Crippen LogP contribution in [0, 0.1) is 12.8 Å². The second-order valence-electron chi connectivity index (χ2n) is 1.01. The number of carbonyl (C=O) groups is 2. The summed E-state index contributed by atoms with van der Waals surface area (Å²) in [6.07, 6.45) is 5.84. The molecule has 0 bridgehead atoms. The summed E-state index contributed by atoms with van der Waals surface area (Å²) in [5, 5.41) is 0. The molecule has 0 spiro atoms. The second-order valence-corrected chi connectivity index (χ2v) is 1.01. The Balaban J connectivity index is 0. The third-order valence-corrected chi connectivity index (χ3v) is 0.500. The first-order chi connectivity index (χ1) is 5.20. The van der Waals surface area contributed by atoms with Gasteiger partial charge in [0.15, 0.2) is 0 Å². The van der Waals surface area contributed by atoms with E-state index in [0.717, 1.165) is 14.2 Å². The Hall–Kier alpha value is -1.70. The van der Waals surface area contributed by atoms with Crippen molar-refractivity contribution < 1.29 is 23.8 Å². The van der Waals surface area contributed by atoms with Crippen molar-refractivity contribution in [2.45, 2.75) is 0 Å². The average molecular weight is 160 g/mol. The Kier molecular flexibility index (Phi) is 9.07. The fraction of sp³-hybridized carbons (Fsp3) is 0.333. The molecule has 5 nitrogen and oxygen atoms in total.